The van der Waals surface area contributed by atoms with Crippen LogP contribution in [0.3, 0.4) is 0 Å². The smallest absolute Gasteiger partial charge is 0.163 e. The Morgan fingerprint density at radius 2 is 1.81 bits per heavy atom. The zero-order valence-corrected chi connectivity index (χ0v) is 11.5. The lowest BCUT2D eigenvalue weighted by atomic mass is 10.1. The van der Waals surface area contributed by atoms with Crippen LogP contribution in [-0.4, -0.2) is 16.7 Å². The van der Waals surface area contributed by atoms with Gasteiger partial charge in [-0.05, 0) is 24.3 Å². The van der Waals surface area contributed by atoms with Gasteiger partial charge >= 0.3 is 0 Å². The number of hydrazine groups is 1. The highest BCUT2D eigenvalue weighted by atomic mass is 16.3. The number of carbonyl (C=O) groups excluding carboxylic acids is 1. The molecule has 0 unspecified atom stereocenters. The lowest BCUT2D eigenvalue weighted by Crippen LogP contribution is -2.37. The van der Waals surface area contributed by atoms with Gasteiger partial charge in [-0.3, -0.25) is 15.2 Å². The zero-order chi connectivity index (χ0) is 15.2. The minimum Gasteiger partial charge on any atom is -0.508 e. The summed E-state index contributed by atoms with van der Waals surface area (Å²) >= 11 is 0. The molecular weight excluding hydrogens is 266 g/mol. The quantitative estimate of drug-likeness (QED) is 0.259. The second-order valence-electron chi connectivity index (χ2n) is 4.63. The molecule has 0 aliphatic heterocycles. The van der Waals surface area contributed by atoms with E-state index in [1.807, 2.05) is 18.2 Å². The number of amidine groups is 1. The number of hydrogen-bond acceptors (Lipinski definition) is 4. The molecule has 0 aliphatic carbocycles. The van der Waals surface area contributed by atoms with Crippen molar-refractivity contribution in [2.45, 2.75) is 12.8 Å². The first-order valence-electron chi connectivity index (χ1n) is 6.57. The summed E-state index contributed by atoms with van der Waals surface area (Å²) in [4.78, 5) is 12.0. The van der Waals surface area contributed by atoms with Crippen molar-refractivity contribution in [1.82, 2.24) is 0 Å². The number of rotatable bonds is 5. The van der Waals surface area contributed by atoms with E-state index in [9.17, 15) is 9.90 Å². The second-order valence-corrected chi connectivity index (χ2v) is 4.63. The normalized spacial score (nSPS) is 10.1. The molecule has 0 saturated carbocycles. The fourth-order valence-electron chi connectivity index (χ4n) is 1.92. The molecular formula is C16H17N3O2. The van der Waals surface area contributed by atoms with E-state index in [1.165, 1.54) is 17.1 Å². The first-order chi connectivity index (χ1) is 10.1. The van der Waals surface area contributed by atoms with Crippen LogP contribution in [0.15, 0.2) is 54.6 Å². The van der Waals surface area contributed by atoms with E-state index in [0.717, 1.165) is 0 Å². The summed E-state index contributed by atoms with van der Waals surface area (Å²) in [5.41, 5.74) is 1.14. The molecule has 0 atom stereocenters. The van der Waals surface area contributed by atoms with E-state index >= 15 is 0 Å². The van der Waals surface area contributed by atoms with Crippen LogP contribution in [0.2, 0.25) is 0 Å². The highest BCUT2D eigenvalue weighted by Gasteiger charge is 2.12. The van der Waals surface area contributed by atoms with Crippen molar-refractivity contribution < 1.29 is 9.90 Å². The van der Waals surface area contributed by atoms with Crippen LogP contribution in [0.1, 0.15) is 23.2 Å². The van der Waals surface area contributed by atoms with Crippen LogP contribution in [-0.2, 0) is 0 Å². The highest BCUT2D eigenvalue weighted by molar-refractivity contribution is 6.01. The summed E-state index contributed by atoms with van der Waals surface area (Å²) in [5.74, 6) is 5.94. The van der Waals surface area contributed by atoms with E-state index in [4.69, 9.17) is 11.3 Å². The fraction of sp³-hybridized carbons (Fsp3) is 0.125. The molecule has 5 nitrogen and oxygen atoms in total. The monoisotopic (exact) mass is 283 g/mol. The molecule has 0 saturated heterocycles. The third kappa shape index (κ3) is 3.90. The van der Waals surface area contributed by atoms with Crippen molar-refractivity contribution in [3.8, 4) is 5.75 Å². The number of hydrogen-bond donors (Lipinski definition) is 3. The maximum absolute atomic E-state index is 12.0. The topological polar surface area (TPSA) is 90.4 Å². The minimum absolute atomic E-state index is 0.0562. The summed E-state index contributed by atoms with van der Waals surface area (Å²) in [7, 11) is 0. The summed E-state index contributed by atoms with van der Waals surface area (Å²) in [6, 6.07) is 15.3. The van der Waals surface area contributed by atoms with Gasteiger partial charge in [0.05, 0.1) is 5.69 Å². The molecule has 108 valence electrons. The molecule has 2 rings (SSSR count). The zero-order valence-electron chi connectivity index (χ0n) is 11.5. The number of nitrogens with two attached hydrogens (primary N) is 1. The van der Waals surface area contributed by atoms with Crippen LogP contribution in [0, 0.1) is 5.41 Å². The standard InChI is InChI=1S/C16H17N3O2/c17-16(19(18)13-6-2-1-3-7-13)10-9-15(21)12-5-4-8-14(20)11-12/h1-8,11,17,20H,9-10,18H2. The van der Waals surface area contributed by atoms with Gasteiger partial charge in [0, 0.05) is 18.4 Å². The van der Waals surface area contributed by atoms with Gasteiger partial charge < -0.3 is 5.11 Å². The molecule has 0 amide bonds. The largest absolute Gasteiger partial charge is 0.508 e. The molecule has 4 N–H and O–H groups in total. The molecule has 0 aromatic heterocycles. The molecule has 0 radical (unpaired) electrons. The average Bonchev–Trinajstić information content (AvgIpc) is 2.52. The number of anilines is 1. The summed E-state index contributed by atoms with van der Waals surface area (Å²) < 4.78 is 0. The molecule has 2 aromatic rings. The SMILES string of the molecule is N=C(CCC(=O)c1cccc(O)c1)N(N)c1ccccc1. The predicted octanol–water partition coefficient (Wildman–Crippen LogP) is 2.71. The molecule has 0 aliphatic rings. The van der Waals surface area contributed by atoms with Crippen molar-refractivity contribution in [3.05, 3.63) is 60.2 Å². The van der Waals surface area contributed by atoms with Gasteiger partial charge in [0.25, 0.3) is 0 Å². The van der Waals surface area contributed by atoms with Crippen molar-refractivity contribution in [3.63, 3.8) is 0 Å². The van der Waals surface area contributed by atoms with Gasteiger partial charge in [0.1, 0.15) is 11.6 Å². The minimum atomic E-state index is -0.128. The van der Waals surface area contributed by atoms with E-state index in [1.54, 1.807) is 24.3 Å². The number of Topliss-reactive ketones (excluding diaryl/α,β-unsaturated/α-hetero) is 1. The van der Waals surface area contributed by atoms with E-state index in [0.29, 0.717) is 11.3 Å². The molecule has 0 spiro atoms. The Kier molecular flexibility index (Phi) is 4.68. The molecule has 0 heterocycles. The first-order valence-corrected chi connectivity index (χ1v) is 6.57. The Hall–Kier alpha value is -2.66. The van der Waals surface area contributed by atoms with Gasteiger partial charge in [-0.1, -0.05) is 30.3 Å². The number of benzene rings is 2. The van der Waals surface area contributed by atoms with E-state index < -0.39 is 0 Å². The summed E-state index contributed by atoms with van der Waals surface area (Å²) in [6.07, 6.45) is 0.405. The van der Waals surface area contributed by atoms with Gasteiger partial charge in [-0.25, -0.2) is 5.84 Å². The van der Waals surface area contributed by atoms with Crippen LogP contribution in [0.25, 0.3) is 0 Å². The number of para-hydroxylation sites is 1. The Labute approximate surface area is 123 Å². The molecule has 0 fully saturated rings. The number of carbonyl (C=O) groups is 1. The van der Waals surface area contributed by atoms with Crippen LogP contribution >= 0.6 is 0 Å². The Balaban J connectivity index is 1.93. The number of aromatic hydroxyl groups is 1. The van der Waals surface area contributed by atoms with Gasteiger partial charge in [0.15, 0.2) is 5.78 Å². The molecule has 5 heteroatoms. The molecule has 21 heavy (non-hydrogen) atoms. The van der Waals surface area contributed by atoms with Crippen LogP contribution in [0.5, 0.6) is 5.75 Å². The second kappa shape index (κ2) is 6.67. The lowest BCUT2D eigenvalue weighted by molar-refractivity contribution is 0.0984. The van der Waals surface area contributed by atoms with Gasteiger partial charge in [-0.2, -0.15) is 0 Å². The number of nitrogens with zero attached hydrogens (tertiary/aromatic N) is 1. The summed E-state index contributed by atoms with van der Waals surface area (Å²) in [5, 5.41) is 18.5. The average molecular weight is 283 g/mol. The van der Waals surface area contributed by atoms with Gasteiger partial charge in [-0.15, -0.1) is 0 Å². The maximum atomic E-state index is 12.0. The van der Waals surface area contributed by atoms with E-state index in [2.05, 4.69) is 0 Å². The highest BCUT2D eigenvalue weighted by Crippen LogP contribution is 2.15. The Bertz CT molecular complexity index is 641. The lowest BCUT2D eigenvalue weighted by Gasteiger charge is -2.19. The summed E-state index contributed by atoms with van der Waals surface area (Å²) in [6.45, 7) is 0. The maximum Gasteiger partial charge on any atom is 0.163 e. The predicted molar refractivity (Wildman–Crippen MR) is 82.5 cm³/mol. The van der Waals surface area contributed by atoms with Crippen LogP contribution in [0.4, 0.5) is 5.69 Å². The van der Waals surface area contributed by atoms with Crippen molar-refractivity contribution in [1.29, 1.82) is 5.41 Å². The Morgan fingerprint density at radius 3 is 2.48 bits per heavy atom. The number of phenolic OH excluding ortho intramolecular Hbond substituents is 1. The van der Waals surface area contributed by atoms with Crippen LogP contribution < -0.4 is 10.9 Å². The first kappa shape index (κ1) is 14.7. The van der Waals surface area contributed by atoms with Crippen molar-refractivity contribution in [2.75, 3.05) is 5.01 Å². The molecule has 2 aromatic carbocycles. The van der Waals surface area contributed by atoms with Crippen molar-refractivity contribution >= 4 is 17.3 Å². The third-order valence-electron chi connectivity index (χ3n) is 3.08. The molecule has 0 bridgehead atoms. The van der Waals surface area contributed by atoms with Crippen molar-refractivity contribution in [2.24, 2.45) is 5.84 Å². The number of nitrogens with one attached hydrogen (secondary N) is 1. The van der Waals surface area contributed by atoms with Gasteiger partial charge in [0.2, 0.25) is 0 Å². The fourth-order valence-corrected chi connectivity index (χ4v) is 1.92. The number of ketones is 1. The van der Waals surface area contributed by atoms with E-state index in [-0.39, 0.29) is 30.2 Å². The third-order valence-corrected chi connectivity index (χ3v) is 3.08. The Morgan fingerprint density at radius 1 is 1.10 bits per heavy atom. The number of phenols is 1.